The van der Waals surface area contributed by atoms with Gasteiger partial charge in [-0.1, -0.05) is 6.92 Å². The molecule has 1 fully saturated rings. The van der Waals surface area contributed by atoms with Crippen LogP contribution in [-0.4, -0.2) is 45.7 Å². The molecule has 1 aliphatic heterocycles. The molecule has 2 N–H and O–H groups in total. The number of carbonyl (C=O) groups excluding carboxylic acids is 1. The minimum atomic E-state index is -0.121. The first-order chi connectivity index (χ1) is 11.7. The molecule has 7 heteroatoms. The van der Waals surface area contributed by atoms with Gasteiger partial charge in [0.05, 0.1) is 5.69 Å². The van der Waals surface area contributed by atoms with Crippen LogP contribution < -0.4 is 5.32 Å². The van der Waals surface area contributed by atoms with E-state index in [0.717, 1.165) is 30.5 Å². The summed E-state index contributed by atoms with van der Waals surface area (Å²) in [5, 5.41) is 15.0. The second kappa shape index (κ2) is 7.27. The van der Waals surface area contributed by atoms with Crippen LogP contribution in [0.1, 0.15) is 26.2 Å². The molecule has 24 heavy (non-hydrogen) atoms. The van der Waals surface area contributed by atoms with Crippen molar-refractivity contribution in [1.82, 2.24) is 14.9 Å². The van der Waals surface area contributed by atoms with Gasteiger partial charge in [-0.15, -0.1) is 11.3 Å². The molecular weight excluding hydrogens is 324 g/mol. The van der Waals surface area contributed by atoms with Gasteiger partial charge >= 0.3 is 6.03 Å². The number of thiazole rings is 1. The number of carbonyl (C=O) groups is 1. The summed E-state index contributed by atoms with van der Waals surface area (Å²) in [5.74, 6) is 0. The Hall–Kier alpha value is -1.99. The molecule has 6 nitrogen and oxygen atoms in total. The average molecular weight is 346 g/mol. The first kappa shape index (κ1) is 16.9. The first-order valence-electron chi connectivity index (χ1n) is 8.18. The third kappa shape index (κ3) is 3.57. The van der Waals surface area contributed by atoms with E-state index in [9.17, 15) is 9.90 Å². The molecule has 128 valence electrons. The maximum absolute atomic E-state index is 12.4. The number of rotatable bonds is 4. The van der Waals surface area contributed by atoms with Crippen molar-refractivity contribution in [2.75, 3.05) is 25.0 Å². The lowest BCUT2D eigenvalue weighted by Crippen LogP contribution is -2.46. The van der Waals surface area contributed by atoms with Crippen LogP contribution in [0.5, 0.6) is 0 Å². The van der Waals surface area contributed by atoms with Crippen molar-refractivity contribution < 1.29 is 9.90 Å². The summed E-state index contributed by atoms with van der Waals surface area (Å²) < 4.78 is 0. The van der Waals surface area contributed by atoms with Gasteiger partial charge in [-0.3, -0.25) is 10.3 Å². The fourth-order valence-electron chi connectivity index (χ4n) is 2.96. The highest BCUT2D eigenvalue weighted by molar-refractivity contribution is 7.14. The van der Waals surface area contributed by atoms with Gasteiger partial charge in [-0.05, 0) is 36.8 Å². The molecule has 2 amide bonds. The van der Waals surface area contributed by atoms with E-state index < -0.39 is 0 Å². The lowest BCUT2D eigenvalue weighted by molar-refractivity contribution is 0.0542. The number of hydrogen-bond acceptors (Lipinski definition) is 5. The molecule has 1 aliphatic rings. The monoisotopic (exact) mass is 346 g/mol. The first-order valence-corrected chi connectivity index (χ1v) is 9.06. The van der Waals surface area contributed by atoms with Crippen LogP contribution in [0.4, 0.5) is 9.93 Å². The number of pyridine rings is 1. The second-order valence-corrected chi connectivity index (χ2v) is 7.07. The van der Waals surface area contributed by atoms with Crippen molar-refractivity contribution in [3.8, 4) is 11.3 Å². The standard InChI is InChI=1S/C17H22N4O2S/c1-2-17(12-22)5-8-21(9-6-17)16(23)20-15-19-14(11-24-15)13-4-3-7-18-10-13/h3-4,7,10-11,22H,2,5-6,8-9,12H2,1H3,(H,19,20,23). The maximum Gasteiger partial charge on any atom is 0.323 e. The Morgan fingerprint density at radius 2 is 2.25 bits per heavy atom. The summed E-state index contributed by atoms with van der Waals surface area (Å²) in [6.45, 7) is 3.63. The Kier molecular flexibility index (Phi) is 5.11. The van der Waals surface area contributed by atoms with Crippen LogP contribution in [0.25, 0.3) is 11.3 Å². The molecule has 0 unspecified atom stereocenters. The van der Waals surface area contributed by atoms with E-state index in [1.807, 2.05) is 17.5 Å². The second-order valence-electron chi connectivity index (χ2n) is 6.21. The van der Waals surface area contributed by atoms with Gasteiger partial charge in [0.2, 0.25) is 0 Å². The Morgan fingerprint density at radius 3 is 2.88 bits per heavy atom. The molecule has 0 spiro atoms. The Balaban J connectivity index is 1.59. The van der Waals surface area contributed by atoms with E-state index in [1.165, 1.54) is 11.3 Å². The molecule has 3 rings (SSSR count). The summed E-state index contributed by atoms with van der Waals surface area (Å²) in [7, 11) is 0. The van der Waals surface area contributed by atoms with Crippen molar-refractivity contribution in [2.24, 2.45) is 5.41 Å². The summed E-state index contributed by atoms with van der Waals surface area (Å²) >= 11 is 1.41. The van der Waals surface area contributed by atoms with E-state index in [4.69, 9.17) is 0 Å². The fourth-order valence-corrected chi connectivity index (χ4v) is 3.67. The number of hydrogen-bond donors (Lipinski definition) is 2. The molecule has 0 radical (unpaired) electrons. The Bertz CT molecular complexity index is 675. The zero-order valence-corrected chi connectivity index (χ0v) is 14.6. The van der Waals surface area contributed by atoms with Crippen molar-refractivity contribution in [3.05, 3.63) is 29.9 Å². The van der Waals surface area contributed by atoms with Crippen LogP contribution in [-0.2, 0) is 0 Å². The minimum absolute atomic E-state index is 0.0224. The normalized spacial score (nSPS) is 16.8. The summed E-state index contributed by atoms with van der Waals surface area (Å²) in [6.07, 6.45) is 6.10. The number of piperidine rings is 1. The quantitative estimate of drug-likeness (QED) is 0.891. The van der Waals surface area contributed by atoms with Crippen molar-refractivity contribution in [2.45, 2.75) is 26.2 Å². The number of aromatic nitrogens is 2. The number of aliphatic hydroxyl groups is 1. The van der Waals surface area contributed by atoms with Crippen LogP contribution in [0.2, 0.25) is 0 Å². The molecule has 0 bridgehead atoms. The SMILES string of the molecule is CCC1(CO)CCN(C(=O)Nc2nc(-c3cccnc3)cs2)CC1. The molecule has 0 aliphatic carbocycles. The van der Waals surface area contributed by atoms with Gasteiger partial charge in [0.15, 0.2) is 5.13 Å². The molecule has 0 atom stereocenters. The third-order valence-electron chi connectivity index (χ3n) is 4.87. The summed E-state index contributed by atoms with van der Waals surface area (Å²) in [6, 6.07) is 3.68. The summed E-state index contributed by atoms with van der Waals surface area (Å²) in [5.41, 5.74) is 1.72. The smallest absolute Gasteiger partial charge is 0.323 e. The highest BCUT2D eigenvalue weighted by Crippen LogP contribution is 2.34. The van der Waals surface area contributed by atoms with E-state index in [-0.39, 0.29) is 18.1 Å². The van der Waals surface area contributed by atoms with E-state index in [0.29, 0.717) is 18.2 Å². The topological polar surface area (TPSA) is 78.4 Å². The third-order valence-corrected chi connectivity index (χ3v) is 5.63. The lowest BCUT2D eigenvalue weighted by atomic mass is 9.77. The Morgan fingerprint density at radius 1 is 1.46 bits per heavy atom. The van der Waals surface area contributed by atoms with Crippen LogP contribution >= 0.6 is 11.3 Å². The van der Waals surface area contributed by atoms with E-state index in [2.05, 4.69) is 22.2 Å². The van der Waals surface area contributed by atoms with Crippen molar-refractivity contribution in [1.29, 1.82) is 0 Å². The molecule has 0 aromatic carbocycles. The van der Waals surface area contributed by atoms with E-state index >= 15 is 0 Å². The zero-order valence-electron chi connectivity index (χ0n) is 13.7. The van der Waals surface area contributed by atoms with Gasteiger partial charge in [-0.25, -0.2) is 9.78 Å². The Labute approximate surface area is 145 Å². The molecule has 0 saturated carbocycles. The van der Waals surface area contributed by atoms with Gasteiger partial charge < -0.3 is 10.0 Å². The van der Waals surface area contributed by atoms with Gasteiger partial charge in [0, 0.05) is 43.0 Å². The number of aliphatic hydroxyl groups excluding tert-OH is 1. The molecule has 2 aromatic heterocycles. The number of likely N-dealkylation sites (tertiary alicyclic amines) is 1. The predicted molar refractivity (Wildman–Crippen MR) is 95.0 cm³/mol. The van der Waals surface area contributed by atoms with E-state index in [1.54, 1.807) is 17.3 Å². The van der Waals surface area contributed by atoms with Gasteiger partial charge in [0.25, 0.3) is 0 Å². The van der Waals surface area contributed by atoms with Crippen LogP contribution in [0.3, 0.4) is 0 Å². The highest BCUT2D eigenvalue weighted by atomic mass is 32.1. The number of nitrogens with zero attached hydrogens (tertiary/aromatic N) is 3. The molecule has 1 saturated heterocycles. The molecule has 2 aromatic rings. The minimum Gasteiger partial charge on any atom is -0.396 e. The van der Waals surface area contributed by atoms with Crippen molar-refractivity contribution in [3.63, 3.8) is 0 Å². The van der Waals surface area contributed by atoms with Crippen molar-refractivity contribution >= 4 is 22.5 Å². The average Bonchev–Trinajstić information content (AvgIpc) is 3.11. The number of urea groups is 1. The lowest BCUT2D eigenvalue weighted by Gasteiger charge is -2.40. The number of nitrogens with one attached hydrogen (secondary N) is 1. The predicted octanol–water partition coefficient (Wildman–Crippen LogP) is 3.22. The largest absolute Gasteiger partial charge is 0.396 e. The zero-order chi connectivity index (χ0) is 17.0. The maximum atomic E-state index is 12.4. The van der Waals surface area contributed by atoms with Gasteiger partial charge in [0.1, 0.15) is 0 Å². The van der Waals surface area contributed by atoms with Crippen LogP contribution in [0, 0.1) is 5.41 Å². The molecular formula is C17H22N4O2S. The number of amides is 2. The fraction of sp³-hybridized carbons (Fsp3) is 0.471. The number of anilines is 1. The summed E-state index contributed by atoms with van der Waals surface area (Å²) in [4.78, 5) is 22.7. The highest BCUT2D eigenvalue weighted by Gasteiger charge is 2.34. The van der Waals surface area contributed by atoms with Crippen LogP contribution in [0.15, 0.2) is 29.9 Å². The molecule has 3 heterocycles. The van der Waals surface area contributed by atoms with Gasteiger partial charge in [-0.2, -0.15) is 0 Å².